The maximum Gasteiger partial charge on any atom is 0.356 e. The minimum atomic E-state index is -0.750. The molecule has 4 aromatic rings. The number of ether oxygens (including phenoxy) is 2. The SMILES string of the molecule is CCOC(=O)c1[nH]cc(-c2nnc(Cc3ccc(Cl)c(Oc4cc(Cl)cc(C#N)c4)c3F)o2)c1Cl. The fourth-order valence-electron chi connectivity index (χ4n) is 3.12. The van der Waals surface area contributed by atoms with Gasteiger partial charge in [-0.15, -0.1) is 10.2 Å². The Morgan fingerprint density at radius 3 is 2.77 bits per heavy atom. The topological polar surface area (TPSA) is 114 Å². The first-order valence-corrected chi connectivity index (χ1v) is 11.2. The average Bonchev–Trinajstić information content (AvgIpc) is 3.44. The first kappa shape index (κ1) is 24.5. The largest absolute Gasteiger partial charge is 0.461 e. The summed E-state index contributed by atoms with van der Waals surface area (Å²) in [4.78, 5) is 14.7. The van der Waals surface area contributed by atoms with Crippen molar-refractivity contribution in [2.75, 3.05) is 6.61 Å². The van der Waals surface area contributed by atoms with Crippen LogP contribution in [0.1, 0.15) is 34.4 Å². The Kier molecular flexibility index (Phi) is 7.26. The molecule has 12 heteroatoms. The summed E-state index contributed by atoms with van der Waals surface area (Å²) in [6.07, 6.45) is 1.35. The molecule has 0 aliphatic rings. The Labute approximate surface area is 213 Å². The van der Waals surface area contributed by atoms with Gasteiger partial charge in [0.1, 0.15) is 11.4 Å². The van der Waals surface area contributed by atoms with Crippen LogP contribution < -0.4 is 4.74 Å². The van der Waals surface area contributed by atoms with Crippen LogP contribution in [-0.2, 0) is 11.2 Å². The van der Waals surface area contributed by atoms with E-state index in [0.717, 1.165) is 0 Å². The average molecular weight is 536 g/mol. The molecular weight excluding hydrogens is 522 g/mol. The van der Waals surface area contributed by atoms with Crippen LogP contribution in [0.3, 0.4) is 0 Å². The zero-order valence-corrected chi connectivity index (χ0v) is 20.1. The van der Waals surface area contributed by atoms with Crippen molar-refractivity contribution in [1.82, 2.24) is 15.2 Å². The lowest BCUT2D eigenvalue weighted by Gasteiger charge is -2.11. The van der Waals surface area contributed by atoms with Crippen molar-refractivity contribution in [2.24, 2.45) is 0 Å². The molecule has 2 aromatic carbocycles. The number of carbonyl (C=O) groups is 1. The Morgan fingerprint density at radius 2 is 2.03 bits per heavy atom. The van der Waals surface area contributed by atoms with Gasteiger partial charge in [-0.1, -0.05) is 40.9 Å². The number of carbonyl (C=O) groups excluding carboxylic acids is 1. The lowest BCUT2D eigenvalue weighted by molar-refractivity contribution is 0.0520. The molecule has 8 nitrogen and oxygen atoms in total. The van der Waals surface area contributed by atoms with E-state index in [1.54, 1.807) is 6.92 Å². The Balaban J connectivity index is 1.58. The highest BCUT2D eigenvalue weighted by molar-refractivity contribution is 6.36. The van der Waals surface area contributed by atoms with Gasteiger partial charge in [0.15, 0.2) is 11.6 Å². The van der Waals surface area contributed by atoms with E-state index >= 15 is 4.39 Å². The highest BCUT2D eigenvalue weighted by Gasteiger charge is 2.23. The summed E-state index contributed by atoms with van der Waals surface area (Å²) in [5.41, 5.74) is 0.750. The smallest absolute Gasteiger partial charge is 0.356 e. The van der Waals surface area contributed by atoms with Gasteiger partial charge in [0.25, 0.3) is 5.89 Å². The maximum absolute atomic E-state index is 15.3. The Hall–Kier alpha value is -3.58. The second-order valence-corrected chi connectivity index (χ2v) is 8.25. The van der Waals surface area contributed by atoms with Gasteiger partial charge in [-0.05, 0) is 31.2 Å². The molecule has 1 N–H and O–H groups in total. The van der Waals surface area contributed by atoms with Crippen molar-refractivity contribution in [2.45, 2.75) is 13.3 Å². The fourth-order valence-corrected chi connectivity index (χ4v) is 3.79. The number of halogens is 4. The highest BCUT2D eigenvalue weighted by Crippen LogP contribution is 2.36. The zero-order valence-electron chi connectivity index (χ0n) is 17.9. The number of hydrogen-bond acceptors (Lipinski definition) is 7. The Morgan fingerprint density at radius 1 is 1.23 bits per heavy atom. The summed E-state index contributed by atoms with van der Waals surface area (Å²) in [5.74, 6) is -1.36. The number of nitrogens with one attached hydrogen (secondary N) is 1. The molecule has 0 fully saturated rings. The fraction of sp³-hybridized carbons (Fsp3) is 0.130. The quantitative estimate of drug-likeness (QED) is 0.265. The molecule has 0 spiro atoms. The van der Waals surface area contributed by atoms with E-state index in [1.165, 1.54) is 36.5 Å². The predicted octanol–water partition coefficient (Wildman–Crippen LogP) is 6.60. The molecule has 0 aliphatic carbocycles. The van der Waals surface area contributed by atoms with Crippen molar-refractivity contribution < 1.29 is 23.1 Å². The molecule has 2 aromatic heterocycles. The summed E-state index contributed by atoms with van der Waals surface area (Å²) < 4.78 is 31.4. The maximum atomic E-state index is 15.3. The molecule has 0 saturated heterocycles. The summed E-state index contributed by atoms with van der Waals surface area (Å²) in [7, 11) is 0. The van der Waals surface area contributed by atoms with E-state index in [4.69, 9.17) is 54.0 Å². The molecule has 0 aliphatic heterocycles. The van der Waals surface area contributed by atoms with E-state index < -0.39 is 11.8 Å². The van der Waals surface area contributed by atoms with Gasteiger partial charge in [0.2, 0.25) is 5.89 Å². The summed E-state index contributed by atoms with van der Waals surface area (Å²) in [6.45, 7) is 1.86. The molecule has 0 atom stereocenters. The number of aromatic nitrogens is 3. The number of nitrogens with zero attached hydrogens (tertiary/aromatic N) is 3. The van der Waals surface area contributed by atoms with E-state index in [0.29, 0.717) is 5.56 Å². The van der Waals surface area contributed by atoms with Crippen molar-refractivity contribution in [3.63, 3.8) is 0 Å². The summed E-state index contributed by atoms with van der Waals surface area (Å²) >= 11 is 18.4. The number of rotatable bonds is 7. The zero-order chi connectivity index (χ0) is 25.1. The van der Waals surface area contributed by atoms with Gasteiger partial charge in [-0.25, -0.2) is 9.18 Å². The van der Waals surface area contributed by atoms with Gasteiger partial charge in [-0.3, -0.25) is 0 Å². The standard InChI is InChI=1S/C23H14Cl3FN4O4/c1-2-33-23(32)20-18(26)15(10-29-20)22-31-30-17(35-22)7-12-3-4-16(25)21(19(12)27)34-14-6-11(9-28)5-13(24)8-14/h3-6,8,10,29H,2,7H2,1H3. The lowest BCUT2D eigenvalue weighted by atomic mass is 10.1. The van der Waals surface area contributed by atoms with Crippen molar-refractivity contribution in [3.05, 3.63) is 80.1 Å². The number of hydrogen-bond donors (Lipinski definition) is 1. The molecule has 0 bridgehead atoms. The Bertz CT molecular complexity index is 1460. The first-order valence-electron chi connectivity index (χ1n) is 10.0. The summed E-state index contributed by atoms with van der Waals surface area (Å²) in [6, 6.07) is 9.14. The van der Waals surface area contributed by atoms with Crippen molar-refractivity contribution in [1.29, 1.82) is 5.26 Å². The van der Waals surface area contributed by atoms with Gasteiger partial charge >= 0.3 is 5.97 Å². The molecule has 0 amide bonds. The molecule has 0 saturated carbocycles. The van der Waals surface area contributed by atoms with E-state index in [9.17, 15) is 4.79 Å². The number of benzene rings is 2. The van der Waals surface area contributed by atoms with Crippen LogP contribution in [-0.4, -0.2) is 27.8 Å². The number of aromatic amines is 1. The second kappa shape index (κ2) is 10.4. The van der Waals surface area contributed by atoms with Gasteiger partial charge in [0, 0.05) is 16.8 Å². The van der Waals surface area contributed by atoms with Gasteiger partial charge in [0.05, 0.1) is 40.3 Å². The summed E-state index contributed by atoms with van der Waals surface area (Å²) in [5, 5.41) is 17.3. The van der Waals surface area contributed by atoms with E-state index in [1.807, 2.05) is 6.07 Å². The van der Waals surface area contributed by atoms with Crippen LogP contribution in [0, 0.1) is 17.1 Å². The molecule has 0 radical (unpaired) electrons. The minimum Gasteiger partial charge on any atom is -0.461 e. The number of nitriles is 1. The van der Waals surface area contributed by atoms with E-state index in [2.05, 4.69) is 15.2 Å². The second-order valence-electron chi connectivity index (χ2n) is 7.03. The first-order chi connectivity index (χ1) is 16.8. The molecule has 2 heterocycles. The molecule has 0 unspecified atom stereocenters. The van der Waals surface area contributed by atoms with E-state index in [-0.39, 0.29) is 68.2 Å². The lowest BCUT2D eigenvalue weighted by Crippen LogP contribution is -2.05. The number of esters is 1. The number of H-pyrrole nitrogens is 1. The molecule has 4 rings (SSSR count). The van der Waals surface area contributed by atoms with Crippen molar-refractivity contribution >= 4 is 40.8 Å². The minimum absolute atomic E-state index is 0.0153. The van der Waals surface area contributed by atoms with Crippen LogP contribution in [0.5, 0.6) is 11.5 Å². The predicted molar refractivity (Wildman–Crippen MR) is 126 cm³/mol. The molecular formula is C23H14Cl3FN4O4. The normalized spacial score (nSPS) is 10.7. The monoisotopic (exact) mass is 534 g/mol. The van der Waals surface area contributed by atoms with Crippen LogP contribution >= 0.6 is 34.8 Å². The van der Waals surface area contributed by atoms with Crippen LogP contribution in [0.4, 0.5) is 4.39 Å². The van der Waals surface area contributed by atoms with Crippen molar-refractivity contribution in [3.8, 4) is 29.0 Å². The molecule has 35 heavy (non-hydrogen) atoms. The highest BCUT2D eigenvalue weighted by atomic mass is 35.5. The molecule has 178 valence electrons. The van der Waals surface area contributed by atoms with Gasteiger partial charge in [-0.2, -0.15) is 5.26 Å². The van der Waals surface area contributed by atoms with Crippen LogP contribution in [0.15, 0.2) is 40.9 Å². The van der Waals surface area contributed by atoms with Crippen LogP contribution in [0.25, 0.3) is 11.5 Å². The third kappa shape index (κ3) is 5.25. The van der Waals surface area contributed by atoms with Gasteiger partial charge < -0.3 is 18.9 Å². The third-order valence-corrected chi connectivity index (χ3v) is 5.59. The third-order valence-electron chi connectivity index (χ3n) is 4.68. The van der Waals surface area contributed by atoms with Crippen LogP contribution in [0.2, 0.25) is 15.1 Å².